The maximum atomic E-state index is 12.3. The molecule has 1 aromatic heterocycles. The van der Waals surface area contributed by atoms with Gasteiger partial charge in [0.1, 0.15) is 6.54 Å². The van der Waals surface area contributed by atoms with Gasteiger partial charge in [-0.05, 0) is 24.6 Å². The maximum absolute atomic E-state index is 12.3. The first-order chi connectivity index (χ1) is 9.78. The predicted molar refractivity (Wildman–Crippen MR) is 79.6 cm³/mol. The molecule has 0 amide bonds. The molecule has 112 valence electrons. The van der Waals surface area contributed by atoms with Gasteiger partial charge in [0.25, 0.3) is 10.0 Å². The van der Waals surface area contributed by atoms with E-state index in [-0.39, 0.29) is 17.1 Å². The standard InChI is InChI=1S/C12H12BrN3O4S/c1-8-2-3-9(13)4-11(8)21(19,20)15-10-5-14-16(6-10)7-12(17)18/h2-6,15H,7H2,1H3,(H,17,18). The normalized spacial score (nSPS) is 11.3. The summed E-state index contributed by atoms with van der Waals surface area (Å²) in [5.41, 5.74) is 0.805. The van der Waals surface area contributed by atoms with Crippen molar-refractivity contribution < 1.29 is 18.3 Å². The number of hydrogen-bond donors (Lipinski definition) is 2. The van der Waals surface area contributed by atoms with Crippen LogP contribution in [0.3, 0.4) is 0 Å². The Morgan fingerprint density at radius 1 is 1.48 bits per heavy atom. The molecule has 0 atom stereocenters. The molecule has 2 N–H and O–H groups in total. The maximum Gasteiger partial charge on any atom is 0.325 e. The van der Waals surface area contributed by atoms with Crippen molar-refractivity contribution in [3.63, 3.8) is 0 Å². The number of hydrogen-bond acceptors (Lipinski definition) is 4. The summed E-state index contributed by atoms with van der Waals surface area (Å²) >= 11 is 3.23. The van der Waals surface area contributed by atoms with E-state index in [2.05, 4.69) is 25.8 Å². The van der Waals surface area contributed by atoms with Crippen LogP contribution in [0.2, 0.25) is 0 Å². The topological polar surface area (TPSA) is 101 Å². The highest BCUT2D eigenvalue weighted by Crippen LogP contribution is 2.22. The van der Waals surface area contributed by atoms with E-state index in [1.165, 1.54) is 18.5 Å². The Labute approximate surface area is 129 Å². The molecular weight excluding hydrogens is 362 g/mol. The van der Waals surface area contributed by atoms with Gasteiger partial charge in [-0.15, -0.1) is 0 Å². The van der Waals surface area contributed by atoms with Crippen LogP contribution in [0.4, 0.5) is 5.69 Å². The number of benzene rings is 1. The van der Waals surface area contributed by atoms with E-state index in [4.69, 9.17) is 5.11 Å². The van der Waals surface area contributed by atoms with E-state index in [1.807, 2.05) is 0 Å². The molecule has 9 heteroatoms. The van der Waals surface area contributed by atoms with Gasteiger partial charge in [0.2, 0.25) is 0 Å². The second-order valence-corrected chi connectivity index (χ2v) is 6.90. The van der Waals surface area contributed by atoms with Crippen molar-refractivity contribution in [3.8, 4) is 0 Å². The number of halogens is 1. The lowest BCUT2D eigenvalue weighted by Crippen LogP contribution is -2.14. The molecule has 1 heterocycles. The fourth-order valence-electron chi connectivity index (χ4n) is 1.71. The van der Waals surface area contributed by atoms with Crippen LogP contribution in [0, 0.1) is 6.92 Å². The number of carboxylic acid groups (broad SMARTS) is 1. The summed E-state index contributed by atoms with van der Waals surface area (Å²) in [5.74, 6) is -1.06. The summed E-state index contributed by atoms with van der Waals surface area (Å²) in [6, 6.07) is 4.94. The SMILES string of the molecule is Cc1ccc(Br)cc1S(=O)(=O)Nc1cnn(CC(=O)O)c1. The quantitative estimate of drug-likeness (QED) is 0.832. The minimum absolute atomic E-state index is 0.142. The number of sulfonamides is 1. The summed E-state index contributed by atoms with van der Waals surface area (Å²) in [4.78, 5) is 10.7. The summed E-state index contributed by atoms with van der Waals surface area (Å²) in [6.45, 7) is 1.35. The molecule has 21 heavy (non-hydrogen) atoms. The number of anilines is 1. The second kappa shape index (κ2) is 5.86. The summed E-state index contributed by atoms with van der Waals surface area (Å²) in [5, 5.41) is 12.4. The highest BCUT2D eigenvalue weighted by atomic mass is 79.9. The van der Waals surface area contributed by atoms with Crippen LogP contribution in [-0.4, -0.2) is 29.3 Å². The highest BCUT2D eigenvalue weighted by Gasteiger charge is 2.18. The minimum atomic E-state index is -3.76. The molecule has 0 saturated heterocycles. The zero-order chi connectivity index (χ0) is 15.6. The van der Waals surface area contributed by atoms with E-state index in [0.717, 1.165) is 4.68 Å². The first-order valence-electron chi connectivity index (χ1n) is 5.81. The largest absolute Gasteiger partial charge is 0.480 e. The van der Waals surface area contributed by atoms with Gasteiger partial charge in [0.15, 0.2) is 0 Å². The molecule has 0 aliphatic heterocycles. The van der Waals surface area contributed by atoms with Crippen molar-refractivity contribution in [2.45, 2.75) is 18.4 Å². The number of carboxylic acids is 1. The molecule has 1 aromatic carbocycles. The average molecular weight is 374 g/mol. The summed E-state index contributed by atoms with van der Waals surface area (Å²) < 4.78 is 28.8. The Kier molecular flexibility index (Phi) is 4.33. The van der Waals surface area contributed by atoms with Crippen LogP contribution in [0.15, 0.2) is 40.0 Å². The fourth-order valence-corrected chi connectivity index (χ4v) is 3.53. The summed E-state index contributed by atoms with van der Waals surface area (Å²) in [7, 11) is -3.76. The average Bonchev–Trinajstić information content (AvgIpc) is 2.77. The number of aliphatic carboxylic acids is 1. The minimum Gasteiger partial charge on any atom is -0.480 e. The Balaban J connectivity index is 2.27. The van der Waals surface area contributed by atoms with Gasteiger partial charge >= 0.3 is 5.97 Å². The number of carbonyl (C=O) groups is 1. The molecular formula is C12H12BrN3O4S. The third-order valence-electron chi connectivity index (χ3n) is 2.62. The van der Waals surface area contributed by atoms with Gasteiger partial charge in [-0.1, -0.05) is 22.0 Å². The number of nitrogens with zero attached hydrogens (tertiary/aromatic N) is 2. The molecule has 2 rings (SSSR count). The lowest BCUT2D eigenvalue weighted by atomic mass is 10.2. The molecule has 0 saturated carbocycles. The Morgan fingerprint density at radius 3 is 2.86 bits per heavy atom. The van der Waals surface area contributed by atoms with Gasteiger partial charge in [-0.25, -0.2) is 8.42 Å². The monoisotopic (exact) mass is 373 g/mol. The number of aryl methyl sites for hydroxylation is 1. The third-order valence-corrected chi connectivity index (χ3v) is 4.64. The van der Waals surface area contributed by atoms with Crippen molar-refractivity contribution in [3.05, 3.63) is 40.6 Å². The molecule has 0 aliphatic rings. The number of rotatable bonds is 5. The molecule has 0 spiro atoms. The zero-order valence-electron chi connectivity index (χ0n) is 10.9. The Bertz CT molecular complexity index is 786. The molecule has 0 aliphatic carbocycles. The Morgan fingerprint density at radius 2 is 2.19 bits per heavy atom. The number of aromatic nitrogens is 2. The van der Waals surface area contributed by atoms with Crippen molar-refractivity contribution >= 4 is 37.6 Å². The summed E-state index contributed by atoms with van der Waals surface area (Å²) in [6.07, 6.45) is 2.58. The first-order valence-corrected chi connectivity index (χ1v) is 8.09. The van der Waals surface area contributed by atoms with E-state index in [9.17, 15) is 13.2 Å². The second-order valence-electron chi connectivity index (χ2n) is 4.34. The fraction of sp³-hybridized carbons (Fsp3) is 0.167. The van der Waals surface area contributed by atoms with Crippen molar-refractivity contribution in [2.24, 2.45) is 0 Å². The molecule has 0 bridgehead atoms. The lowest BCUT2D eigenvalue weighted by molar-refractivity contribution is -0.137. The molecule has 7 nitrogen and oxygen atoms in total. The highest BCUT2D eigenvalue weighted by molar-refractivity contribution is 9.10. The molecule has 2 aromatic rings. The third kappa shape index (κ3) is 3.82. The molecule has 0 fully saturated rings. The van der Waals surface area contributed by atoms with Gasteiger partial charge < -0.3 is 5.11 Å². The van der Waals surface area contributed by atoms with Gasteiger partial charge in [0.05, 0.1) is 16.8 Å². The van der Waals surface area contributed by atoms with Gasteiger partial charge in [-0.3, -0.25) is 14.2 Å². The smallest absolute Gasteiger partial charge is 0.325 e. The van der Waals surface area contributed by atoms with Crippen LogP contribution in [0.25, 0.3) is 0 Å². The van der Waals surface area contributed by atoms with Crippen molar-refractivity contribution in [2.75, 3.05) is 4.72 Å². The van der Waals surface area contributed by atoms with Crippen LogP contribution in [-0.2, 0) is 21.4 Å². The lowest BCUT2D eigenvalue weighted by Gasteiger charge is -2.09. The Hall–Kier alpha value is -1.87. The predicted octanol–water partition coefficient (Wildman–Crippen LogP) is 1.84. The zero-order valence-corrected chi connectivity index (χ0v) is 13.3. The van der Waals surface area contributed by atoms with Crippen LogP contribution >= 0.6 is 15.9 Å². The van der Waals surface area contributed by atoms with Crippen molar-refractivity contribution in [1.29, 1.82) is 0 Å². The number of nitrogens with one attached hydrogen (secondary N) is 1. The molecule has 0 radical (unpaired) electrons. The first kappa shape index (κ1) is 15.5. The van der Waals surface area contributed by atoms with E-state index in [0.29, 0.717) is 10.0 Å². The van der Waals surface area contributed by atoms with Crippen LogP contribution < -0.4 is 4.72 Å². The van der Waals surface area contributed by atoms with Crippen LogP contribution in [0.1, 0.15) is 5.56 Å². The van der Waals surface area contributed by atoms with Gasteiger partial charge in [0, 0.05) is 10.7 Å². The van der Waals surface area contributed by atoms with E-state index < -0.39 is 16.0 Å². The van der Waals surface area contributed by atoms with E-state index in [1.54, 1.807) is 19.1 Å². The molecule has 0 unspecified atom stereocenters. The van der Waals surface area contributed by atoms with Crippen molar-refractivity contribution in [1.82, 2.24) is 9.78 Å². The van der Waals surface area contributed by atoms with E-state index >= 15 is 0 Å². The van der Waals surface area contributed by atoms with Gasteiger partial charge in [-0.2, -0.15) is 5.10 Å². The van der Waals surface area contributed by atoms with Crippen LogP contribution in [0.5, 0.6) is 0 Å².